The fourth-order valence-electron chi connectivity index (χ4n) is 6.01. The normalized spacial score (nSPS) is 21.1. The smallest absolute Gasteiger partial charge is 0.309 e. The number of aryl methyl sites for hydroxylation is 2. The predicted octanol–water partition coefficient (Wildman–Crippen LogP) is 3.15. The quantitative estimate of drug-likeness (QED) is 0.658. The van der Waals surface area contributed by atoms with Crippen LogP contribution in [0.25, 0.3) is 0 Å². The Bertz CT molecular complexity index is 1040. The summed E-state index contributed by atoms with van der Waals surface area (Å²) < 4.78 is 1.86. The van der Waals surface area contributed by atoms with Crippen LogP contribution in [0, 0.1) is 12.8 Å². The van der Waals surface area contributed by atoms with E-state index < -0.39 is 5.54 Å². The highest BCUT2D eigenvalue weighted by Gasteiger charge is 2.59. The molecule has 0 radical (unpaired) electrons. The molecule has 1 spiro atoms. The molecular formula is C26H35N5O2. The van der Waals surface area contributed by atoms with Crippen LogP contribution in [-0.4, -0.2) is 67.6 Å². The number of likely N-dealkylation sites (tertiary alicyclic amines) is 1. The Balaban J connectivity index is 1.36. The maximum absolute atomic E-state index is 14.0. The molecule has 7 nitrogen and oxygen atoms in total. The predicted molar refractivity (Wildman–Crippen MR) is 127 cm³/mol. The second kappa shape index (κ2) is 8.28. The van der Waals surface area contributed by atoms with E-state index in [2.05, 4.69) is 42.2 Å². The summed E-state index contributed by atoms with van der Waals surface area (Å²) in [4.78, 5) is 33.6. The van der Waals surface area contributed by atoms with Crippen LogP contribution in [0.2, 0.25) is 0 Å². The molecule has 2 aromatic rings. The Labute approximate surface area is 196 Å². The number of imide groups is 1. The van der Waals surface area contributed by atoms with Crippen molar-refractivity contribution in [1.29, 1.82) is 0 Å². The monoisotopic (exact) mass is 449 g/mol. The van der Waals surface area contributed by atoms with Gasteiger partial charge in [-0.25, -0.2) is 4.79 Å². The van der Waals surface area contributed by atoms with Gasteiger partial charge in [-0.2, -0.15) is 5.10 Å². The van der Waals surface area contributed by atoms with Gasteiger partial charge in [0.25, 0.3) is 5.91 Å². The molecule has 0 N–H and O–H groups in total. The topological polar surface area (TPSA) is 61.7 Å². The molecule has 5 rings (SSSR count). The van der Waals surface area contributed by atoms with E-state index in [1.807, 2.05) is 35.7 Å². The standard InChI is InChI=1S/C26H35N5O2/c1-18(2)15-30-25(33)31(23-13-20-7-5-6-8-21(20)14-23)24(32)26(30)9-11-29(12-10-26)17-22-16-28(4)27-19(22)3/h5-8,16,18,23H,9-15,17H2,1-4H3. The van der Waals surface area contributed by atoms with Crippen molar-refractivity contribution in [3.63, 3.8) is 0 Å². The Hall–Kier alpha value is -2.67. The first-order chi connectivity index (χ1) is 15.8. The largest absolute Gasteiger partial charge is 0.327 e. The van der Waals surface area contributed by atoms with Crippen molar-refractivity contribution in [2.45, 2.75) is 64.6 Å². The summed E-state index contributed by atoms with van der Waals surface area (Å²) in [6.07, 6.45) is 5.01. The molecular weight excluding hydrogens is 414 g/mol. The number of amides is 3. The fourth-order valence-corrected chi connectivity index (χ4v) is 6.01. The van der Waals surface area contributed by atoms with Crippen LogP contribution in [-0.2, 0) is 31.2 Å². The fraction of sp³-hybridized carbons (Fsp3) is 0.577. The third kappa shape index (κ3) is 3.76. The highest BCUT2D eigenvalue weighted by atomic mass is 16.2. The van der Waals surface area contributed by atoms with E-state index in [1.165, 1.54) is 16.7 Å². The summed E-state index contributed by atoms with van der Waals surface area (Å²) in [5, 5.41) is 4.46. The van der Waals surface area contributed by atoms with Crippen LogP contribution in [0.1, 0.15) is 49.1 Å². The second-order valence-electron chi connectivity index (χ2n) is 10.5. The van der Waals surface area contributed by atoms with E-state index in [9.17, 15) is 9.59 Å². The molecule has 3 amide bonds. The molecule has 2 fully saturated rings. The van der Waals surface area contributed by atoms with Gasteiger partial charge in [-0.05, 0) is 49.7 Å². The number of nitrogens with zero attached hydrogens (tertiary/aromatic N) is 5. The van der Waals surface area contributed by atoms with Crippen molar-refractivity contribution in [1.82, 2.24) is 24.5 Å². The SMILES string of the molecule is Cc1nn(C)cc1CN1CCC2(CC1)C(=O)N(C1Cc3ccccc3C1)C(=O)N2CC(C)C. The lowest BCUT2D eigenvalue weighted by Crippen LogP contribution is -2.57. The van der Waals surface area contributed by atoms with Crippen molar-refractivity contribution in [3.05, 3.63) is 52.8 Å². The molecule has 0 bridgehead atoms. The van der Waals surface area contributed by atoms with Gasteiger partial charge >= 0.3 is 6.03 Å². The minimum absolute atomic E-state index is 0.0307. The zero-order valence-corrected chi connectivity index (χ0v) is 20.3. The highest BCUT2D eigenvalue weighted by Crippen LogP contribution is 2.41. The van der Waals surface area contributed by atoms with Crippen molar-refractivity contribution in [2.75, 3.05) is 19.6 Å². The maximum Gasteiger partial charge on any atom is 0.327 e. The van der Waals surface area contributed by atoms with Gasteiger partial charge in [0.2, 0.25) is 0 Å². The summed E-state index contributed by atoms with van der Waals surface area (Å²) in [5.74, 6) is 0.346. The number of fused-ring (bicyclic) bond motifs is 1. The first kappa shape index (κ1) is 22.1. The Morgan fingerprint density at radius 3 is 2.27 bits per heavy atom. The summed E-state index contributed by atoms with van der Waals surface area (Å²) in [7, 11) is 1.95. The lowest BCUT2D eigenvalue weighted by Gasteiger charge is -2.42. The molecule has 1 aliphatic carbocycles. The van der Waals surface area contributed by atoms with E-state index in [0.29, 0.717) is 25.3 Å². The third-order valence-electron chi connectivity index (χ3n) is 7.71. The highest BCUT2D eigenvalue weighted by molar-refractivity contribution is 6.07. The van der Waals surface area contributed by atoms with Crippen molar-refractivity contribution in [3.8, 4) is 0 Å². The molecule has 3 aliphatic rings. The van der Waals surface area contributed by atoms with Crippen LogP contribution in [0.5, 0.6) is 0 Å². The summed E-state index contributed by atoms with van der Waals surface area (Å²) in [6, 6.07) is 8.19. The van der Waals surface area contributed by atoms with E-state index in [1.54, 1.807) is 4.90 Å². The van der Waals surface area contributed by atoms with Gasteiger partial charge in [-0.3, -0.25) is 19.3 Å². The molecule has 1 aromatic carbocycles. The van der Waals surface area contributed by atoms with Gasteiger partial charge in [-0.1, -0.05) is 38.1 Å². The zero-order chi connectivity index (χ0) is 23.3. The number of carbonyl (C=O) groups is 2. The lowest BCUT2D eigenvalue weighted by molar-refractivity contribution is -0.137. The van der Waals surface area contributed by atoms with Crippen LogP contribution in [0.15, 0.2) is 30.5 Å². The van der Waals surface area contributed by atoms with Crippen molar-refractivity contribution >= 4 is 11.9 Å². The Kier molecular flexibility index (Phi) is 5.55. The van der Waals surface area contributed by atoms with Crippen LogP contribution in [0.4, 0.5) is 4.79 Å². The molecule has 33 heavy (non-hydrogen) atoms. The van der Waals surface area contributed by atoms with Crippen LogP contribution in [0.3, 0.4) is 0 Å². The van der Waals surface area contributed by atoms with Crippen molar-refractivity contribution in [2.24, 2.45) is 13.0 Å². The molecule has 0 atom stereocenters. The number of benzene rings is 1. The third-order valence-corrected chi connectivity index (χ3v) is 7.71. The van der Waals surface area contributed by atoms with E-state index >= 15 is 0 Å². The molecule has 3 heterocycles. The van der Waals surface area contributed by atoms with Gasteiger partial charge in [0.15, 0.2) is 0 Å². The Morgan fingerprint density at radius 1 is 1.09 bits per heavy atom. The second-order valence-corrected chi connectivity index (χ2v) is 10.5. The average Bonchev–Trinajstić information content (AvgIpc) is 3.39. The number of hydrogen-bond acceptors (Lipinski definition) is 4. The molecule has 2 saturated heterocycles. The van der Waals surface area contributed by atoms with Gasteiger partial charge in [0, 0.05) is 51.0 Å². The van der Waals surface area contributed by atoms with Crippen LogP contribution < -0.4 is 0 Å². The summed E-state index contributed by atoms with van der Waals surface area (Å²) in [6.45, 7) is 9.37. The summed E-state index contributed by atoms with van der Waals surface area (Å²) >= 11 is 0. The maximum atomic E-state index is 14.0. The molecule has 7 heteroatoms. The van der Waals surface area contributed by atoms with Gasteiger partial charge in [0.1, 0.15) is 5.54 Å². The van der Waals surface area contributed by atoms with E-state index in [4.69, 9.17) is 0 Å². The number of urea groups is 1. The average molecular weight is 450 g/mol. The van der Waals surface area contributed by atoms with E-state index in [0.717, 1.165) is 38.2 Å². The lowest BCUT2D eigenvalue weighted by atomic mass is 9.85. The number of rotatable bonds is 5. The van der Waals surface area contributed by atoms with Gasteiger partial charge in [-0.15, -0.1) is 0 Å². The first-order valence-corrected chi connectivity index (χ1v) is 12.2. The molecule has 2 aliphatic heterocycles. The Morgan fingerprint density at radius 2 is 1.73 bits per heavy atom. The van der Waals surface area contributed by atoms with Gasteiger partial charge < -0.3 is 4.90 Å². The molecule has 1 aromatic heterocycles. The van der Waals surface area contributed by atoms with Gasteiger partial charge in [0.05, 0.1) is 5.69 Å². The van der Waals surface area contributed by atoms with Crippen LogP contribution >= 0.6 is 0 Å². The number of hydrogen-bond donors (Lipinski definition) is 0. The zero-order valence-electron chi connectivity index (χ0n) is 20.3. The molecule has 0 unspecified atom stereocenters. The van der Waals surface area contributed by atoms with Crippen molar-refractivity contribution < 1.29 is 9.59 Å². The van der Waals surface area contributed by atoms with E-state index in [-0.39, 0.29) is 18.0 Å². The minimum atomic E-state index is -0.698. The summed E-state index contributed by atoms with van der Waals surface area (Å²) in [5.41, 5.74) is 4.11. The first-order valence-electron chi connectivity index (χ1n) is 12.2. The molecule has 176 valence electrons. The number of carbonyl (C=O) groups excluding carboxylic acids is 2. The molecule has 0 saturated carbocycles. The minimum Gasteiger partial charge on any atom is -0.309 e. The number of piperidine rings is 1. The number of aromatic nitrogens is 2.